The Hall–Kier alpha value is -1.15. The van der Waals surface area contributed by atoms with E-state index in [-0.39, 0.29) is 17.7 Å². The summed E-state index contributed by atoms with van der Waals surface area (Å²) in [6, 6.07) is 6.14. The monoisotopic (exact) mass is 245 g/mol. The molecular formula is C16H23NO. The zero-order valence-electron chi connectivity index (χ0n) is 11.4. The highest BCUT2D eigenvalue weighted by molar-refractivity contribution is 5.99. The minimum atomic E-state index is 0.0213. The van der Waals surface area contributed by atoms with E-state index >= 15 is 0 Å². The molecule has 1 fully saturated rings. The van der Waals surface area contributed by atoms with Gasteiger partial charge in [0.25, 0.3) is 0 Å². The van der Waals surface area contributed by atoms with E-state index in [2.05, 4.69) is 6.07 Å². The minimum absolute atomic E-state index is 0.0213. The van der Waals surface area contributed by atoms with E-state index < -0.39 is 0 Å². The summed E-state index contributed by atoms with van der Waals surface area (Å²) in [5.74, 6) is 0.276. The topological polar surface area (TPSA) is 43.1 Å². The summed E-state index contributed by atoms with van der Waals surface area (Å²) in [6.45, 7) is 4.04. The van der Waals surface area contributed by atoms with Gasteiger partial charge in [0.1, 0.15) is 0 Å². The first kappa shape index (κ1) is 13.3. The van der Waals surface area contributed by atoms with Crippen LogP contribution in [0, 0.1) is 19.8 Å². The van der Waals surface area contributed by atoms with Gasteiger partial charge in [0.2, 0.25) is 0 Å². The molecule has 0 amide bonds. The maximum atomic E-state index is 12.7. The van der Waals surface area contributed by atoms with Crippen molar-refractivity contribution in [1.29, 1.82) is 0 Å². The maximum Gasteiger partial charge on any atom is 0.167 e. The second-order valence-corrected chi connectivity index (χ2v) is 5.59. The number of carbonyl (C=O) groups excluding carboxylic acids is 1. The SMILES string of the molecule is Cc1ccc(C)c(C(=O)C2CCCCCC2N)c1. The molecule has 1 aliphatic rings. The number of Topliss-reactive ketones (excluding diaryl/α,β-unsaturated/α-hetero) is 1. The molecule has 2 N–H and O–H groups in total. The first-order valence-corrected chi connectivity index (χ1v) is 6.96. The van der Waals surface area contributed by atoms with Crippen LogP contribution in [0.25, 0.3) is 0 Å². The quantitative estimate of drug-likeness (QED) is 0.641. The van der Waals surface area contributed by atoms with Crippen LogP contribution in [0.15, 0.2) is 18.2 Å². The molecule has 1 aromatic carbocycles. The van der Waals surface area contributed by atoms with Gasteiger partial charge in [-0.25, -0.2) is 0 Å². The van der Waals surface area contributed by atoms with Crippen molar-refractivity contribution in [3.63, 3.8) is 0 Å². The Morgan fingerprint density at radius 1 is 1.17 bits per heavy atom. The predicted molar refractivity (Wildman–Crippen MR) is 74.8 cm³/mol. The summed E-state index contributed by atoms with van der Waals surface area (Å²) in [5.41, 5.74) is 9.27. The largest absolute Gasteiger partial charge is 0.327 e. The fourth-order valence-electron chi connectivity index (χ4n) is 2.86. The van der Waals surface area contributed by atoms with Gasteiger partial charge in [-0.1, -0.05) is 37.0 Å². The first-order valence-electron chi connectivity index (χ1n) is 6.96. The van der Waals surface area contributed by atoms with Crippen LogP contribution in [0.3, 0.4) is 0 Å². The highest BCUT2D eigenvalue weighted by Gasteiger charge is 2.28. The molecule has 2 atom stereocenters. The van der Waals surface area contributed by atoms with Crippen LogP contribution in [0.2, 0.25) is 0 Å². The van der Waals surface area contributed by atoms with Crippen LogP contribution in [0.1, 0.15) is 53.6 Å². The van der Waals surface area contributed by atoms with Crippen LogP contribution < -0.4 is 5.73 Å². The zero-order chi connectivity index (χ0) is 13.1. The van der Waals surface area contributed by atoms with Crippen molar-refractivity contribution in [2.45, 2.75) is 52.0 Å². The minimum Gasteiger partial charge on any atom is -0.327 e. The van der Waals surface area contributed by atoms with Gasteiger partial charge in [-0.15, -0.1) is 0 Å². The summed E-state index contributed by atoms with van der Waals surface area (Å²) in [6.07, 6.45) is 5.45. The molecule has 2 rings (SSSR count). The summed E-state index contributed by atoms with van der Waals surface area (Å²) >= 11 is 0. The molecule has 1 aliphatic carbocycles. The van der Waals surface area contributed by atoms with Crippen molar-refractivity contribution in [1.82, 2.24) is 0 Å². The van der Waals surface area contributed by atoms with E-state index in [0.717, 1.165) is 42.4 Å². The number of benzene rings is 1. The number of hydrogen-bond donors (Lipinski definition) is 1. The van der Waals surface area contributed by atoms with Crippen LogP contribution in [0.4, 0.5) is 0 Å². The molecule has 2 heteroatoms. The molecule has 2 nitrogen and oxygen atoms in total. The molecule has 0 spiro atoms. The molecule has 2 unspecified atom stereocenters. The zero-order valence-corrected chi connectivity index (χ0v) is 11.4. The van der Waals surface area contributed by atoms with E-state index in [9.17, 15) is 4.79 Å². The standard InChI is InChI=1S/C16H23NO/c1-11-8-9-12(2)14(10-11)16(18)13-6-4-3-5-7-15(13)17/h8-10,13,15H,3-7,17H2,1-2H3. The molecule has 0 bridgehead atoms. The molecule has 0 radical (unpaired) electrons. The third-order valence-corrected chi connectivity index (χ3v) is 4.06. The summed E-state index contributed by atoms with van der Waals surface area (Å²) in [4.78, 5) is 12.7. The van der Waals surface area contributed by atoms with E-state index in [4.69, 9.17) is 5.73 Å². The second-order valence-electron chi connectivity index (χ2n) is 5.59. The van der Waals surface area contributed by atoms with E-state index in [0.29, 0.717) is 0 Å². The van der Waals surface area contributed by atoms with Crippen molar-refractivity contribution in [3.8, 4) is 0 Å². The Morgan fingerprint density at radius 2 is 1.89 bits per heavy atom. The Morgan fingerprint density at radius 3 is 2.67 bits per heavy atom. The molecule has 0 aliphatic heterocycles. The molecule has 1 aromatic rings. The average Bonchev–Trinajstić information content (AvgIpc) is 2.56. The smallest absolute Gasteiger partial charge is 0.167 e. The normalized spacial score (nSPS) is 24.6. The van der Waals surface area contributed by atoms with Crippen molar-refractivity contribution in [3.05, 3.63) is 34.9 Å². The highest BCUT2D eigenvalue weighted by Crippen LogP contribution is 2.26. The van der Waals surface area contributed by atoms with Gasteiger partial charge in [0, 0.05) is 17.5 Å². The molecule has 98 valence electrons. The summed E-state index contributed by atoms with van der Waals surface area (Å²) in [7, 11) is 0. The number of nitrogens with two attached hydrogens (primary N) is 1. The number of rotatable bonds is 2. The Kier molecular flexibility index (Phi) is 4.18. The van der Waals surface area contributed by atoms with Crippen molar-refractivity contribution in [2.75, 3.05) is 0 Å². The summed E-state index contributed by atoms with van der Waals surface area (Å²) < 4.78 is 0. The molecule has 0 heterocycles. The van der Waals surface area contributed by atoms with Gasteiger partial charge in [-0.2, -0.15) is 0 Å². The fourth-order valence-corrected chi connectivity index (χ4v) is 2.86. The Balaban J connectivity index is 2.26. The van der Waals surface area contributed by atoms with Crippen LogP contribution in [-0.2, 0) is 0 Å². The van der Waals surface area contributed by atoms with E-state index in [1.165, 1.54) is 6.42 Å². The summed E-state index contributed by atoms with van der Waals surface area (Å²) in [5, 5.41) is 0. The molecule has 18 heavy (non-hydrogen) atoms. The van der Waals surface area contributed by atoms with Gasteiger partial charge in [0.15, 0.2) is 5.78 Å². The van der Waals surface area contributed by atoms with Crippen LogP contribution in [0.5, 0.6) is 0 Å². The maximum absolute atomic E-state index is 12.7. The van der Waals surface area contributed by atoms with Crippen LogP contribution >= 0.6 is 0 Å². The molecular weight excluding hydrogens is 222 g/mol. The number of carbonyl (C=O) groups is 1. The third kappa shape index (κ3) is 2.81. The molecule has 0 aromatic heterocycles. The number of hydrogen-bond acceptors (Lipinski definition) is 2. The van der Waals surface area contributed by atoms with Gasteiger partial charge < -0.3 is 5.73 Å². The average molecular weight is 245 g/mol. The first-order chi connectivity index (χ1) is 8.59. The van der Waals surface area contributed by atoms with Crippen LogP contribution in [-0.4, -0.2) is 11.8 Å². The third-order valence-electron chi connectivity index (χ3n) is 4.06. The van der Waals surface area contributed by atoms with Crippen molar-refractivity contribution >= 4 is 5.78 Å². The van der Waals surface area contributed by atoms with E-state index in [1.807, 2.05) is 26.0 Å². The fraction of sp³-hybridized carbons (Fsp3) is 0.562. The number of ketones is 1. The van der Waals surface area contributed by atoms with Gasteiger partial charge >= 0.3 is 0 Å². The van der Waals surface area contributed by atoms with Crippen molar-refractivity contribution in [2.24, 2.45) is 11.7 Å². The lowest BCUT2D eigenvalue weighted by molar-refractivity contribution is 0.0894. The van der Waals surface area contributed by atoms with Gasteiger partial charge in [-0.3, -0.25) is 4.79 Å². The highest BCUT2D eigenvalue weighted by atomic mass is 16.1. The lowest BCUT2D eigenvalue weighted by Crippen LogP contribution is -2.35. The number of aryl methyl sites for hydroxylation is 2. The van der Waals surface area contributed by atoms with Gasteiger partial charge in [-0.05, 0) is 38.3 Å². The lowest BCUT2D eigenvalue weighted by atomic mass is 9.86. The second kappa shape index (κ2) is 5.66. The Bertz CT molecular complexity index is 439. The van der Waals surface area contributed by atoms with Crippen molar-refractivity contribution < 1.29 is 4.79 Å². The molecule has 1 saturated carbocycles. The molecule has 0 saturated heterocycles. The predicted octanol–water partition coefficient (Wildman–Crippen LogP) is 3.39. The lowest BCUT2D eigenvalue weighted by Gasteiger charge is -2.21. The Labute approximate surface area is 110 Å². The van der Waals surface area contributed by atoms with Gasteiger partial charge in [0.05, 0.1) is 0 Å². The van der Waals surface area contributed by atoms with E-state index in [1.54, 1.807) is 0 Å².